The van der Waals surface area contributed by atoms with Crippen molar-refractivity contribution in [3.8, 4) is 0 Å². The molecule has 25 heavy (non-hydrogen) atoms. The average Bonchev–Trinajstić information content (AvgIpc) is 3.52. The average molecular weight is 342 g/mol. The molecule has 1 aromatic heterocycles. The molecule has 0 saturated heterocycles. The van der Waals surface area contributed by atoms with Crippen molar-refractivity contribution in [3.05, 3.63) is 47.6 Å². The molecule has 4 rings (SSSR count). The third-order valence-electron chi connectivity index (χ3n) is 5.23. The van der Waals surface area contributed by atoms with Crippen molar-refractivity contribution in [2.24, 2.45) is 5.73 Å². The SMILES string of the molecule is N[C@@H](Cc1nc(C2(CN[C@@H]3C[C@H]3c3ccccc3)CC2)no1)C(=O)O. The first-order chi connectivity index (χ1) is 12.1. The molecule has 2 aromatic rings. The van der Waals surface area contributed by atoms with Gasteiger partial charge in [0.2, 0.25) is 5.89 Å². The van der Waals surface area contributed by atoms with E-state index in [0.717, 1.165) is 25.8 Å². The van der Waals surface area contributed by atoms with E-state index in [1.54, 1.807) is 0 Å². The van der Waals surface area contributed by atoms with Crippen LogP contribution in [0.5, 0.6) is 0 Å². The number of aromatic nitrogens is 2. The summed E-state index contributed by atoms with van der Waals surface area (Å²) in [5.41, 5.74) is 6.83. The molecule has 132 valence electrons. The molecule has 2 saturated carbocycles. The molecule has 0 unspecified atom stereocenters. The van der Waals surface area contributed by atoms with E-state index in [2.05, 4.69) is 39.7 Å². The zero-order valence-electron chi connectivity index (χ0n) is 13.9. The van der Waals surface area contributed by atoms with Gasteiger partial charge in [-0.2, -0.15) is 4.98 Å². The van der Waals surface area contributed by atoms with Crippen molar-refractivity contribution in [2.45, 2.75) is 49.1 Å². The summed E-state index contributed by atoms with van der Waals surface area (Å²) in [5, 5.41) is 16.6. The van der Waals surface area contributed by atoms with Gasteiger partial charge in [-0.15, -0.1) is 0 Å². The lowest BCUT2D eigenvalue weighted by molar-refractivity contribution is -0.138. The molecule has 4 N–H and O–H groups in total. The molecular weight excluding hydrogens is 320 g/mol. The Hall–Kier alpha value is -2.25. The summed E-state index contributed by atoms with van der Waals surface area (Å²) in [6.07, 6.45) is 3.26. The minimum absolute atomic E-state index is 0.0601. The Morgan fingerprint density at radius 2 is 2.16 bits per heavy atom. The maximum Gasteiger partial charge on any atom is 0.321 e. The summed E-state index contributed by atoms with van der Waals surface area (Å²) in [5.74, 6) is 0.490. The van der Waals surface area contributed by atoms with E-state index in [9.17, 15) is 4.79 Å². The molecule has 2 fully saturated rings. The smallest absolute Gasteiger partial charge is 0.321 e. The second kappa shape index (κ2) is 6.24. The standard InChI is InChI=1S/C18H22N4O3/c19-13(16(23)24)9-15-21-17(22-25-15)18(6-7-18)10-20-14-8-12(14)11-4-2-1-3-5-11/h1-5,12-14,20H,6-10,19H2,(H,23,24)/t12-,13-,14+/m0/s1. The molecule has 2 aliphatic carbocycles. The van der Waals surface area contributed by atoms with Crippen molar-refractivity contribution in [1.29, 1.82) is 0 Å². The maximum atomic E-state index is 10.8. The number of rotatable bonds is 8. The number of carboxylic acid groups (broad SMARTS) is 1. The topological polar surface area (TPSA) is 114 Å². The Morgan fingerprint density at radius 1 is 1.40 bits per heavy atom. The lowest BCUT2D eigenvalue weighted by Gasteiger charge is -2.12. The molecule has 2 aliphatic rings. The lowest BCUT2D eigenvalue weighted by atomic mass is 10.1. The van der Waals surface area contributed by atoms with E-state index < -0.39 is 12.0 Å². The van der Waals surface area contributed by atoms with Gasteiger partial charge in [0.05, 0.1) is 6.42 Å². The second-order valence-corrected chi connectivity index (χ2v) is 7.18. The first-order valence-electron chi connectivity index (χ1n) is 8.67. The predicted octanol–water partition coefficient (Wildman–Crippen LogP) is 1.20. The Labute approximate surface area is 145 Å². The number of nitrogens with two attached hydrogens (primary N) is 1. The first-order valence-corrected chi connectivity index (χ1v) is 8.67. The summed E-state index contributed by atoms with van der Waals surface area (Å²) in [4.78, 5) is 15.2. The number of carboxylic acids is 1. The van der Waals surface area contributed by atoms with E-state index in [0.29, 0.717) is 23.7 Å². The minimum atomic E-state index is -1.07. The highest BCUT2D eigenvalue weighted by molar-refractivity contribution is 5.73. The zero-order valence-corrected chi connectivity index (χ0v) is 13.9. The molecule has 0 spiro atoms. The number of nitrogens with zero attached hydrogens (tertiary/aromatic N) is 2. The van der Waals surface area contributed by atoms with Crippen LogP contribution < -0.4 is 11.1 Å². The van der Waals surface area contributed by atoms with Crippen LogP contribution in [0.4, 0.5) is 0 Å². The van der Waals surface area contributed by atoms with Gasteiger partial charge in [-0.05, 0) is 24.8 Å². The van der Waals surface area contributed by atoms with Crippen molar-refractivity contribution in [1.82, 2.24) is 15.5 Å². The van der Waals surface area contributed by atoms with Crippen LogP contribution in [-0.4, -0.2) is 39.8 Å². The highest BCUT2D eigenvalue weighted by atomic mass is 16.5. The molecule has 7 heteroatoms. The van der Waals surface area contributed by atoms with Crippen molar-refractivity contribution in [3.63, 3.8) is 0 Å². The van der Waals surface area contributed by atoms with Crippen LogP contribution in [0.15, 0.2) is 34.9 Å². The van der Waals surface area contributed by atoms with Crippen LogP contribution in [0.25, 0.3) is 0 Å². The molecule has 0 aliphatic heterocycles. The summed E-state index contributed by atoms with van der Waals surface area (Å²) < 4.78 is 5.19. The van der Waals surface area contributed by atoms with Crippen LogP contribution in [-0.2, 0) is 16.6 Å². The number of aliphatic carboxylic acids is 1. The van der Waals surface area contributed by atoms with Crippen LogP contribution in [0, 0.1) is 0 Å². The van der Waals surface area contributed by atoms with Gasteiger partial charge >= 0.3 is 5.97 Å². The molecule has 1 heterocycles. The number of benzene rings is 1. The van der Waals surface area contributed by atoms with Gasteiger partial charge in [-0.25, -0.2) is 0 Å². The zero-order chi connectivity index (χ0) is 17.4. The van der Waals surface area contributed by atoms with Crippen molar-refractivity contribution >= 4 is 5.97 Å². The molecule has 3 atom stereocenters. The van der Waals surface area contributed by atoms with Gasteiger partial charge in [-0.3, -0.25) is 4.79 Å². The van der Waals surface area contributed by atoms with Gasteiger partial charge in [0.1, 0.15) is 6.04 Å². The number of carbonyl (C=O) groups is 1. The van der Waals surface area contributed by atoms with Crippen molar-refractivity contribution in [2.75, 3.05) is 6.54 Å². The third-order valence-corrected chi connectivity index (χ3v) is 5.23. The maximum absolute atomic E-state index is 10.8. The highest BCUT2D eigenvalue weighted by Gasteiger charge is 2.50. The van der Waals surface area contributed by atoms with Gasteiger partial charge in [0.15, 0.2) is 5.82 Å². The number of nitrogens with one attached hydrogen (secondary N) is 1. The summed E-state index contributed by atoms with van der Waals surface area (Å²) >= 11 is 0. The lowest BCUT2D eigenvalue weighted by Crippen LogP contribution is -2.32. The van der Waals surface area contributed by atoms with Crippen molar-refractivity contribution < 1.29 is 14.4 Å². The minimum Gasteiger partial charge on any atom is -0.480 e. The Balaban J connectivity index is 1.33. The monoisotopic (exact) mass is 342 g/mol. The Morgan fingerprint density at radius 3 is 2.84 bits per heavy atom. The normalized spacial score (nSPS) is 24.7. The third kappa shape index (κ3) is 3.43. The molecule has 0 bridgehead atoms. The molecule has 7 nitrogen and oxygen atoms in total. The van der Waals surface area contributed by atoms with Gasteiger partial charge in [0, 0.05) is 23.9 Å². The fourth-order valence-electron chi connectivity index (χ4n) is 3.27. The van der Waals surface area contributed by atoms with E-state index in [1.807, 2.05) is 6.07 Å². The Kier molecular flexibility index (Phi) is 4.05. The first kappa shape index (κ1) is 16.2. The number of hydrogen-bond acceptors (Lipinski definition) is 6. The molecule has 0 amide bonds. The van der Waals surface area contributed by atoms with E-state index in [4.69, 9.17) is 15.4 Å². The van der Waals surface area contributed by atoms with E-state index in [1.165, 1.54) is 5.56 Å². The quantitative estimate of drug-likeness (QED) is 0.660. The van der Waals surface area contributed by atoms with Crippen LogP contribution >= 0.6 is 0 Å². The molecule has 0 radical (unpaired) electrons. The second-order valence-electron chi connectivity index (χ2n) is 7.18. The van der Waals surface area contributed by atoms with E-state index >= 15 is 0 Å². The Bertz CT molecular complexity index is 757. The molecular formula is C18H22N4O3. The van der Waals surface area contributed by atoms with Gasteiger partial charge < -0.3 is 20.7 Å². The van der Waals surface area contributed by atoms with E-state index in [-0.39, 0.29) is 11.8 Å². The predicted molar refractivity (Wildman–Crippen MR) is 90.1 cm³/mol. The molecule has 1 aromatic carbocycles. The van der Waals surface area contributed by atoms with Crippen LogP contribution in [0.3, 0.4) is 0 Å². The largest absolute Gasteiger partial charge is 0.480 e. The fraction of sp³-hybridized carbons (Fsp3) is 0.500. The summed E-state index contributed by atoms with van der Waals surface area (Å²) in [6.45, 7) is 0.824. The highest BCUT2D eigenvalue weighted by Crippen LogP contribution is 2.48. The fourth-order valence-corrected chi connectivity index (χ4v) is 3.27. The van der Waals surface area contributed by atoms with Gasteiger partial charge in [-0.1, -0.05) is 35.5 Å². The van der Waals surface area contributed by atoms with Crippen LogP contribution in [0.1, 0.15) is 42.5 Å². The summed E-state index contributed by atoms with van der Waals surface area (Å²) in [6, 6.07) is 10.0. The number of hydrogen-bond donors (Lipinski definition) is 3. The van der Waals surface area contributed by atoms with Crippen LogP contribution in [0.2, 0.25) is 0 Å². The summed E-state index contributed by atoms with van der Waals surface area (Å²) in [7, 11) is 0. The van der Waals surface area contributed by atoms with Gasteiger partial charge in [0.25, 0.3) is 0 Å².